The van der Waals surface area contributed by atoms with Gasteiger partial charge in [0.25, 0.3) is 5.56 Å². The number of rotatable bonds is 6. The maximum Gasteiger partial charge on any atom is 0.267 e. The monoisotopic (exact) mass is 505 g/mol. The van der Waals surface area contributed by atoms with E-state index in [1.54, 1.807) is 4.57 Å². The molecule has 0 bridgehead atoms. The average Bonchev–Trinajstić information content (AvgIpc) is 3.22. The summed E-state index contributed by atoms with van der Waals surface area (Å²) in [5.74, 6) is 0.357. The van der Waals surface area contributed by atoms with Crippen LogP contribution in [0.5, 0.6) is 0 Å². The summed E-state index contributed by atoms with van der Waals surface area (Å²) >= 11 is 2.80. The predicted molar refractivity (Wildman–Crippen MR) is 143 cm³/mol. The number of amides is 1. The van der Waals surface area contributed by atoms with E-state index in [1.165, 1.54) is 23.1 Å². The minimum absolute atomic E-state index is 0.0855. The maximum absolute atomic E-state index is 14.0. The number of anilines is 1. The van der Waals surface area contributed by atoms with Crippen molar-refractivity contribution < 1.29 is 9.53 Å². The lowest BCUT2D eigenvalue weighted by Gasteiger charge is -2.26. The highest BCUT2D eigenvalue weighted by molar-refractivity contribution is 7.99. The Balaban J connectivity index is 1.56. The van der Waals surface area contributed by atoms with E-state index in [2.05, 4.69) is 19.2 Å². The van der Waals surface area contributed by atoms with E-state index in [4.69, 9.17) is 9.72 Å². The average molecular weight is 506 g/mol. The smallest absolute Gasteiger partial charge is 0.267 e. The Kier molecular flexibility index (Phi) is 6.77. The molecule has 0 aliphatic carbocycles. The van der Waals surface area contributed by atoms with E-state index >= 15 is 0 Å². The van der Waals surface area contributed by atoms with Crippen LogP contribution in [0.2, 0.25) is 0 Å². The van der Waals surface area contributed by atoms with Gasteiger partial charge in [-0.15, -0.1) is 11.3 Å². The predicted octanol–water partition coefficient (Wildman–Crippen LogP) is 5.58. The van der Waals surface area contributed by atoms with Crippen molar-refractivity contribution in [3.8, 4) is 5.69 Å². The van der Waals surface area contributed by atoms with Crippen LogP contribution >= 0.6 is 23.1 Å². The number of ether oxygens (including phenoxy) is 1. The van der Waals surface area contributed by atoms with Crippen molar-refractivity contribution in [2.24, 2.45) is 5.92 Å². The number of carbonyl (C=O) groups is 1. The zero-order valence-corrected chi connectivity index (χ0v) is 21.5. The lowest BCUT2D eigenvalue weighted by Crippen LogP contribution is -2.28. The van der Waals surface area contributed by atoms with Gasteiger partial charge in [0.05, 0.1) is 29.5 Å². The van der Waals surface area contributed by atoms with Crippen molar-refractivity contribution in [2.75, 3.05) is 11.1 Å². The molecule has 2 aromatic carbocycles. The molecule has 0 saturated heterocycles. The first kappa shape index (κ1) is 23.8. The molecule has 0 unspecified atom stereocenters. The molecule has 35 heavy (non-hydrogen) atoms. The number of carbonyl (C=O) groups excluding carboxylic acids is 1. The first-order chi connectivity index (χ1) is 16.9. The molecule has 3 heterocycles. The van der Waals surface area contributed by atoms with E-state index < -0.39 is 0 Å². The number of benzene rings is 2. The molecule has 0 spiro atoms. The molecule has 5 rings (SSSR count). The van der Waals surface area contributed by atoms with Gasteiger partial charge in [-0.05, 0) is 42.2 Å². The van der Waals surface area contributed by atoms with Crippen molar-refractivity contribution in [1.29, 1.82) is 0 Å². The number of thiophene rings is 1. The summed E-state index contributed by atoms with van der Waals surface area (Å²) < 4.78 is 7.72. The number of aryl methyl sites for hydroxylation is 1. The molecule has 0 radical (unpaired) electrons. The first-order valence-corrected chi connectivity index (χ1v) is 13.4. The van der Waals surface area contributed by atoms with Crippen LogP contribution in [0.3, 0.4) is 0 Å². The highest BCUT2D eigenvalue weighted by Crippen LogP contribution is 2.36. The fourth-order valence-electron chi connectivity index (χ4n) is 4.31. The van der Waals surface area contributed by atoms with Gasteiger partial charge in [-0.1, -0.05) is 62.0 Å². The van der Waals surface area contributed by atoms with Crippen LogP contribution in [-0.2, 0) is 22.6 Å². The van der Waals surface area contributed by atoms with Gasteiger partial charge in [-0.25, -0.2) is 4.98 Å². The van der Waals surface area contributed by atoms with Gasteiger partial charge in [0.15, 0.2) is 5.16 Å². The molecule has 180 valence electrons. The topological polar surface area (TPSA) is 73.2 Å². The number of fused-ring (bicyclic) bond motifs is 3. The molecular formula is C27H27N3O3S2. The normalized spacial score (nSPS) is 15.4. The van der Waals surface area contributed by atoms with Crippen LogP contribution in [0.1, 0.15) is 29.9 Å². The van der Waals surface area contributed by atoms with E-state index in [-0.39, 0.29) is 23.3 Å². The molecule has 1 amide bonds. The first-order valence-electron chi connectivity index (χ1n) is 11.6. The highest BCUT2D eigenvalue weighted by atomic mass is 32.2. The van der Waals surface area contributed by atoms with E-state index in [0.717, 1.165) is 27.4 Å². The summed E-state index contributed by atoms with van der Waals surface area (Å²) in [6, 6.07) is 17.1. The zero-order valence-electron chi connectivity index (χ0n) is 19.9. The standard InChI is InChI=1S/C27H27N3O3S2/c1-16(2)21-13-19-22(14-33-21)35-25-24(19)26(32)30(20-12-8-7-9-17(20)3)27(29-25)34-15-23(31)28-18-10-5-4-6-11-18/h4-12,16,21H,13-15H2,1-3H3,(H,28,31)/t21-/m1/s1. The van der Waals surface area contributed by atoms with Gasteiger partial charge in [-0.2, -0.15) is 0 Å². The van der Waals surface area contributed by atoms with Gasteiger partial charge in [0, 0.05) is 17.0 Å². The van der Waals surface area contributed by atoms with Crippen LogP contribution in [-0.4, -0.2) is 27.3 Å². The van der Waals surface area contributed by atoms with Crippen molar-refractivity contribution in [3.05, 3.63) is 81.0 Å². The summed E-state index contributed by atoms with van der Waals surface area (Å²) in [7, 11) is 0. The SMILES string of the molecule is Cc1ccccc1-n1c(SCC(=O)Nc2ccccc2)nc2sc3c(c2c1=O)C[C@H](C(C)C)OC3. The second-order valence-corrected chi connectivity index (χ2v) is 11.0. The van der Waals surface area contributed by atoms with Gasteiger partial charge in [0.2, 0.25) is 5.91 Å². The van der Waals surface area contributed by atoms with Crippen LogP contribution in [0.4, 0.5) is 5.69 Å². The van der Waals surface area contributed by atoms with Gasteiger partial charge in [0.1, 0.15) is 4.83 Å². The second kappa shape index (κ2) is 9.97. The number of hydrogen-bond acceptors (Lipinski definition) is 6. The third kappa shape index (κ3) is 4.78. The summed E-state index contributed by atoms with van der Waals surface area (Å²) in [5.41, 5.74) is 3.47. The Bertz CT molecular complexity index is 1440. The summed E-state index contributed by atoms with van der Waals surface area (Å²) in [5, 5.41) is 4.10. The molecule has 0 fully saturated rings. The molecule has 6 nitrogen and oxygen atoms in total. The summed E-state index contributed by atoms with van der Waals surface area (Å²) in [6.45, 7) is 6.77. The van der Waals surface area contributed by atoms with Gasteiger partial charge in [-0.3, -0.25) is 14.2 Å². The van der Waals surface area contributed by atoms with E-state index in [0.29, 0.717) is 34.3 Å². The van der Waals surface area contributed by atoms with Crippen LogP contribution in [0, 0.1) is 12.8 Å². The third-order valence-electron chi connectivity index (χ3n) is 6.20. The van der Waals surface area contributed by atoms with Crippen molar-refractivity contribution in [2.45, 2.75) is 45.1 Å². The molecule has 1 N–H and O–H groups in total. The Morgan fingerprint density at radius 1 is 1.20 bits per heavy atom. The lowest BCUT2D eigenvalue weighted by molar-refractivity contribution is -0.113. The Labute approximate surface area is 212 Å². The lowest BCUT2D eigenvalue weighted by atomic mass is 9.96. The number of nitrogens with zero attached hydrogens (tertiary/aromatic N) is 2. The van der Waals surface area contributed by atoms with Crippen molar-refractivity contribution >= 4 is 44.9 Å². The Morgan fingerprint density at radius 2 is 1.94 bits per heavy atom. The van der Waals surface area contributed by atoms with Crippen molar-refractivity contribution in [3.63, 3.8) is 0 Å². The molecule has 4 aromatic rings. The molecule has 1 aliphatic heterocycles. The van der Waals surface area contributed by atoms with E-state index in [1.807, 2.05) is 61.5 Å². The highest BCUT2D eigenvalue weighted by Gasteiger charge is 2.29. The van der Waals surface area contributed by atoms with Crippen molar-refractivity contribution in [1.82, 2.24) is 9.55 Å². The van der Waals surface area contributed by atoms with Gasteiger partial charge >= 0.3 is 0 Å². The fourth-order valence-corrected chi connectivity index (χ4v) is 6.28. The summed E-state index contributed by atoms with van der Waals surface area (Å²) in [4.78, 5) is 33.4. The number of nitrogens with one attached hydrogen (secondary N) is 1. The van der Waals surface area contributed by atoms with Gasteiger partial charge < -0.3 is 10.1 Å². The number of para-hydroxylation sites is 2. The van der Waals surface area contributed by atoms with Crippen LogP contribution in [0.15, 0.2) is 64.5 Å². The Morgan fingerprint density at radius 3 is 2.69 bits per heavy atom. The number of thioether (sulfide) groups is 1. The molecule has 8 heteroatoms. The molecule has 0 saturated carbocycles. The quantitative estimate of drug-likeness (QED) is 0.273. The number of hydrogen-bond donors (Lipinski definition) is 1. The summed E-state index contributed by atoms with van der Waals surface area (Å²) in [6.07, 6.45) is 0.797. The van der Waals surface area contributed by atoms with E-state index in [9.17, 15) is 9.59 Å². The molecule has 1 atom stereocenters. The van der Waals surface area contributed by atoms with Crippen LogP contribution < -0.4 is 10.9 Å². The fraction of sp³-hybridized carbons (Fsp3) is 0.296. The minimum atomic E-state index is -0.148. The number of aromatic nitrogens is 2. The molecule has 2 aromatic heterocycles. The molecular weight excluding hydrogens is 478 g/mol. The zero-order chi connectivity index (χ0) is 24.5. The third-order valence-corrected chi connectivity index (χ3v) is 8.24. The minimum Gasteiger partial charge on any atom is -0.372 e. The largest absolute Gasteiger partial charge is 0.372 e. The van der Waals surface area contributed by atoms with Crippen LogP contribution in [0.25, 0.3) is 15.9 Å². The molecule has 1 aliphatic rings. The maximum atomic E-state index is 14.0. The second-order valence-electron chi connectivity index (χ2n) is 9.01. The Hall–Kier alpha value is -2.94.